The highest BCUT2D eigenvalue weighted by molar-refractivity contribution is 6.04. The molecule has 4 rings (SSSR count). The molecule has 1 unspecified atom stereocenters. The minimum absolute atomic E-state index is 0. The van der Waals surface area contributed by atoms with Crippen molar-refractivity contribution in [2.24, 2.45) is 0 Å². The summed E-state index contributed by atoms with van der Waals surface area (Å²) in [5.74, 6) is 0.0156. The molecule has 0 spiro atoms. The molecular weight excluding hydrogens is 383 g/mol. The molecule has 0 aliphatic carbocycles. The molecule has 2 aromatic rings. The SMILES string of the molecule is Cl.O=C(Nc1ccc2c(c1F)CCNC2)c1ccc(OCC2CCCO2)cc1. The van der Waals surface area contributed by atoms with Gasteiger partial charge in [0.15, 0.2) is 0 Å². The molecule has 28 heavy (non-hydrogen) atoms. The first kappa shape index (κ1) is 20.6. The molecule has 0 bridgehead atoms. The molecule has 2 heterocycles. The van der Waals surface area contributed by atoms with Crippen molar-refractivity contribution in [1.82, 2.24) is 5.32 Å². The van der Waals surface area contributed by atoms with E-state index in [4.69, 9.17) is 9.47 Å². The summed E-state index contributed by atoms with van der Waals surface area (Å²) < 4.78 is 25.9. The summed E-state index contributed by atoms with van der Waals surface area (Å²) in [6.45, 7) is 2.71. The lowest BCUT2D eigenvalue weighted by molar-refractivity contribution is 0.0679. The van der Waals surface area contributed by atoms with Crippen LogP contribution in [0.3, 0.4) is 0 Å². The Morgan fingerprint density at radius 1 is 1.25 bits per heavy atom. The maximum absolute atomic E-state index is 14.7. The van der Waals surface area contributed by atoms with Gasteiger partial charge in [0.1, 0.15) is 18.2 Å². The number of hydrogen-bond donors (Lipinski definition) is 2. The van der Waals surface area contributed by atoms with E-state index < -0.39 is 0 Å². The summed E-state index contributed by atoms with van der Waals surface area (Å²) in [5, 5.41) is 5.89. The zero-order valence-corrected chi connectivity index (χ0v) is 16.3. The van der Waals surface area contributed by atoms with Gasteiger partial charge in [0.05, 0.1) is 11.8 Å². The number of hydrogen-bond acceptors (Lipinski definition) is 4. The first-order valence-corrected chi connectivity index (χ1v) is 9.37. The zero-order chi connectivity index (χ0) is 18.6. The molecule has 1 fully saturated rings. The fourth-order valence-electron chi connectivity index (χ4n) is 3.49. The van der Waals surface area contributed by atoms with Gasteiger partial charge in [0, 0.05) is 18.7 Å². The number of rotatable bonds is 5. The van der Waals surface area contributed by atoms with Crippen LogP contribution in [0.15, 0.2) is 36.4 Å². The van der Waals surface area contributed by atoms with Gasteiger partial charge in [-0.25, -0.2) is 4.39 Å². The topological polar surface area (TPSA) is 59.6 Å². The highest BCUT2D eigenvalue weighted by Crippen LogP contribution is 2.25. The van der Waals surface area contributed by atoms with E-state index in [9.17, 15) is 9.18 Å². The van der Waals surface area contributed by atoms with Crippen molar-refractivity contribution in [2.75, 3.05) is 25.1 Å². The number of nitrogens with one attached hydrogen (secondary N) is 2. The number of anilines is 1. The van der Waals surface area contributed by atoms with Gasteiger partial charge < -0.3 is 20.1 Å². The van der Waals surface area contributed by atoms with Crippen molar-refractivity contribution < 1.29 is 18.7 Å². The zero-order valence-electron chi connectivity index (χ0n) is 15.5. The Hall–Kier alpha value is -2.15. The number of amides is 1. The molecule has 0 radical (unpaired) electrons. The largest absolute Gasteiger partial charge is 0.491 e. The van der Waals surface area contributed by atoms with E-state index >= 15 is 0 Å². The normalized spacial score (nSPS) is 18.1. The Balaban J connectivity index is 0.00000225. The first-order chi connectivity index (χ1) is 13.2. The minimum Gasteiger partial charge on any atom is -0.491 e. The van der Waals surface area contributed by atoms with Crippen LogP contribution >= 0.6 is 12.4 Å². The average Bonchev–Trinajstić information content (AvgIpc) is 3.23. The summed E-state index contributed by atoms with van der Waals surface area (Å²) in [6.07, 6.45) is 2.86. The number of fused-ring (bicyclic) bond motifs is 1. The van der Waals surface area contributed by atoms with E-state index in [1.165, 1.54) is 0 Å². The molecule has 1 amide bonds. The monoisotopic (exact) mass is 406 g/mol. The van der Waals surface area contributed by atoms with Gasteiger partial charge in [0.2, 0.25) is 0 Å². The first-order valence-electron chi connectivity index (χ1n) is 9.37. The van der Waals surface area contributed by atoms with Gasteiger partial charge in [-0.2, -0.15) is 0 Å². The Morgan fingerprint density at radius 2 is 2.07 bits per heavy atom. The van der Waals surface area contributed by atoms with E-state index in [2.05, 4.69) is 10.6 Å². The summed E-state index contributed by atoms with van der Waals surface area (Å²) in [7, 11) is 0. The highest BCUT2D eigenvalue weighted by atomic mass is 35.5. The third kappa shape index (κ3) is 4.63. The van der Waals surface area contributed by atoms with Gasteiger partial charge in [0.25, 0.3) is 5.91 Å². The van der Waals surface area contributed by atoms with Crippen molar-refractivity contribution in [3.05, 3.63) is 58.9 Å². The predicted molar refractivity (Wildman–Crippen MR) is 108 cm³/mol. The molecule has 2 aliphatic rings. The second-order valence-corrected chi connectivity index (χ2v) is 6.92. The molecule has 2 aliphatic heterocycles. The number of benzene rings is 2. The molecule has 1 atom stereocenters. The lowest BCUT2D eigenvalue weighted by Crippen LogP contribution is -2.25. The molecule has 0 saturated carbocycles. The third-order valence-electron chi connectivity index (χ3n) is 5.03. The van der Waals surface area contributed by atoms with Crippen LogP contribution in [0.5, 0.6) is 5.75 Å². The number of halogens is 2. The number of carbonyl (C=O) groups is 1. The van der Waals surface area contributed by atoms with Crippen LogP contribution < -0.4 is 15.4 Å². The van der Waals surface area contributed by atoms with E-state index in [-0.39, 0.29) is 35.9 Å². The lowest BCUT2D eigenvalue weighted by atomic mass is 9.99. The van der Waals surface area contributed by atoms with Crippen molar-refractivity contribution in [3.8, 4) is 5.75 Å². The van der Waals surface area contributed by atoms with E-state index in [0.29, 0.717) is 36.4 Å². The van der Waals surface area contributed by atoms with Crippen molar-refractivity contribution in [3.63, 3.8) is 0 Å². The van der Waals surface area contributed by atoms with Gasteiger partial charge in [-0.05, 0) is 67.3 Å². The molecule has 0 aromatic heterocycles. The fraction of sp³-hybridized carbons (Fsp3) is 0.381. The van der Waals surface area contributed by atoms with Crippen LogP contribution in [0.25, 0.3) is 0 Å². The minimum atomic E-state index is -0.339. The molecule has 1 saturated heterocycles. The van der Waals surface area contributed by atoms with Crippen molar-refractivity contribution >= 4 is 24.0 Å². The fourth-order valence-corrected chi connectivity index (χ4v) is 3.49. The smallest absolute Gasteiger partial charge is 0.255 e. The Bertz CT molecular complexity index is 823. The molecule has 5 nitrogen and oxygen atoms in total. The maximum Gasteiger partial charge on any atom is 0.255 e. The van der Waals surface area contributed by atoms with Crippen LogP contribution in [0, 0.1) is 5.82 Å². The lowest BCUT2D eigenvalue weighted by Gasteiger charge is -2.19. The quantitative estimate of drug-likeness (QED) is 0.794. The average molecular weight is 407 g/mol. The molecule has 2 aromatic carbocycles. The van der Waals surface area contributed by atoms with Gasteiger partial charge in [-0.1, -0.05) is 6.07 Å². The maximum atomic E-state index is 14.7. The summed E-state index contributed by atoms with van der Waals surface area (Å²) >= 11 is 0. The Labute approximate surface area is 170 Å². The van der Waals surface area contributed by atoms with Gasteiger partial charge in [-0.3, -0.25) is 4.79 Å². The number of ether oxygens (including phenoxy) is 2. The molecule has 150 valence electrons. The molecule has 7 heteroatoms. The van der Waals surface area contributed by atoms with Crippen LogP contribution in [0.2, 0.25) is 0 Å². The standard InChI is InChI=1S/C21H23FN2O3.ClH/c22-20-18-9-10-23-12-15(18)5-8-19(20)24-21(25)14-3-6-16(7-4-14)27-13-17-2-1-11-26-17;/h3-8,17,23H,1-2,9-13H2,(H,24,25);1H. The van der Waals surface area contributed by atoms with Crippen LogP contribution in [0.1, 0.15) is 34.3 Å². The third-order valence-corrected chi connectivity index (χ3v) is 5.03. The summed E-state index contributed by atoms with van der Waals surface area (Å²) in [4.78, 5) is 12.5. The Morgan fingerprint density at radius 3 is 2.82 bits per heavy atom. The van der Waals surface area contributed by atoms with Crippen molar-refractivity contribution in [1.29, 1.82) is 0 Å². The van der Waals surface area contributed by atoms with Gasteiger partial charge in [-0.15, -0.1) is 12.4 Å². The highest BCUT2D eigenvalue weighted by Gasteiger charge is 2.18. The van der Waals surface area contributed by atoms with E-state index in [1.807, 2.05) is 6.07 Å². The molecular formula is C21H24ClFN2O3. The summed E-state index contributed by atoms with van der Waals surface area (Å²) in [6, 6.07) is 10.3. The predicted octanol–water partition coefficient (Wildman–Crippen LogP) is 3.70. The van der Waals surface area contributed by atoms with Crippen molar-refractivity contribution in [2.45, 2.75) is 31.9 Å². The molecule has 2 N–H and O–H groups in total. The van der Waals surface area contributed by atoms with Gasteiger partial charge >= 0.3 is 0 Å². The van der Waals surface area contributed by atoms with E-state index in [1.54, 1.807) is 30.3 Å². The number of carbonyl (C=O) groups excluding carboxylic acids is 1. The second kappa shape index (κ2) is 9.37. The van der Waals surface area contributed by atoms with Crippen LogP contribution in [-0.2, 0) is 17.7 Å². The summed E-state index contributed by atoms with van der Waals surface area (Å²) in [5.41, 5.74) is 2.31. The van der Waals surface area contributed by atoms with Crippen LogP contribution in [-0.4, -0.2) is 31.8 Å². The van der Waals surface area contributed by atoms with Crippen LogP contribution in [0.4, 0.5) is 10.1 Å². The Kier molecular flexibility index (Phi) is 6.88. The second-order valence-electron chi connectivity index (χ2n) is 6.92. The van der Waals surface area contributed by atoms with E-state index in [0.717, 1.165) is 31.6 Å².